The van der Waals surface area contributed by atoms with Gasteiger partial charge in [0.05, 0.1) is 6.26 Å². The first-order valence-electron chi connectivity index (χ1n) is 3.90. The van der Waals surface area contributed by atoms with Crippen LogP contribution in [0.5, 0.6) is 0 Å². The number of ether oxygens (including phenoxy) is 1. The van der Waals surface area contributed by atoms with E-state index in [1.807, 2.05) is 24.3 Å². The average Bonchev–Trinajstić information content (AvgIpc) is 2.53. The van der Waals surface area contributed by atoms with Crippen molar-refractivity contribution < 1.29 is 4.74 Å². The molecule has 0 aliphatic carbocycles. The van der Waals surface area contributed by atoms with Gasteiger partial charge >= 0.3 is 0 Å². The highest BCUT2D eigenvalue weighted by molar-refractivity contribution is 7.80. The molecule has 2 rings (SSSR count). The summed E-state index contributed by atoms with van der Waals surface area (Å²) in [6, 6.07) is 7.65. The maximum Gasteiger partial charge on any atom is 0.170 e. The van der Waals surface area contributed by atoms with Crippen LogP contribution in [0.1, 0.15) is 12.0 Å². The van der Waals surface area contributed by atoms with Crippen LogP contribution in [-0.4, -0.2) is 5.05 Å². The molecule has 1 heterocycles. The third kappa shape index (κ3) is 1.90. The number of hydrogen-bond acceptors (Lipinski definition) is 2. The van der Waals surface area contributed by atoms with Gasteiger partial charge in [-0.1, -0.05) is 23.7 Å². The predicted octanol–water partition coefficient (Wildman–Crippen LogP) is 3.43. The van der Waals surface area contributed by atoms with E-state index < -0.39 is 0 Å². The zero-order valence-corrected chi connectivity index (χ0v) is 8.36. The molecule has 13 heavy (non-hydrogen) atoms. The van der Waals surface area contributed by atoms with Gasteiger partial charge in [-0.15, -0.1) is 0 Å². The van der Waals surface area contributed by atoms with E-state index in [2.05, 4.69) is 0 Å². The van der Waals surface area contributed by atoms with Gasteiger partial charge in [-0.05, 0) is 29.9 Å². The van der Waals surface area contributed by atoms with Crippen LogP contribution in [0, 0.1) is 0 Å². The fourth-order valence-electron chi connectivity index (χ4n) is 1.21. The van der Waals surface area contributed by atoms with Crippen molar-refractivity contribution in [3.05, 3.63) is 41.1 Å². The van der Waals surface area contributed by atoms with Crippen molar-refractivity contribution in [1.29, 1.82) is 0 Å². The van der Waals surface area contributed by atoms with Crippen molar-refractivity contribution in [2.24, 2.45) is 0 Å². The first kappa shape index (κ1) is 8.73. The molecule has 66 valence electrons. The SMILES string of the molecule is S=C1CC(c2ccc(Cl)cc2)=CO1. The van der Waals surface area contributed by atoms with Crippen molar-refractivity contribution in [3.8, 4) is 0 Å². The zero-order chi connectivity index (χ0) is 9.26. The summed E-state index contributed by atoms with van der Waals surface area (Å²) in [6.07, 6.45) is 2.42. The molecule has 0 saturated carbocycles. The Labute approximate surface area is 87.0 Å². The Morgan fingerprint density at radius 3 is 2.46 bits per heavy atom. The van der Waals surface area contributed by atoms with Gasteiger partial charge in [-0.25, -0.2) is 0 Å². The molecule has 0 aromatic heterocycles. The highest BCUT2D eigenvalue weighted by Crippen LogP contribution is 2.25. The molecule has 1 nitrogen and oxygen atoms in total. The van der Waals surface area contributed by atoms with Crippen molar-refractivity contribution in [1.82, 2.24) is 0 Å². The van der Waals surface area contributed by atoms with Crippen LogP contribution in [0.15, 0.2) is 30.5 Å². The molecule has 0 spiro atoms. The second kappa shape index (κ2) is 3.48. The molecule has 1 aromatic rings. The molecule has 0 fully saturated rings. The Bertz CT molecular complexity index is 367. The van der Waals surface area contributed by atoms with Crippen LogP contribution >= 0.6 is 23.8 Å². The maximum absolute atomic E-state index is 5.77. The maximum atomic E-state index is 5.77. The smallest absolute Gasteiger partial charge is 0.170 e. The molecule has 0 amide bonds. The van der Waals surface area contributed by atoms with Crippen molar-refractivity contribution >= 4 is 34.4 Å². The number of thiocarbonyl (C=S) groups is 1. The first-order chi connectivity index (χ1) is 6.25. The third-order valence-corrected chi connectivity index (χ3v) is 2.37. The predicted molar refractivity (Wildman–Crippen MR) is 57.7 cm³/mol. The van der Waals surface area contributed by atoms with Crippen LogP contribution in [-0.2, 0) is 4.74 Å². The quantitative estimate of drug-likeness (QED) is 0.657. The summed E-state index contributed by atoms with van der Waals surface area (Å²) in [4.78, 5) is 0. The van der Waals surface area contributed by atoms with Crippen LogP contribution < -0.4 is 0 Å². The molecule has 1 aromatic carbocycles. The van der Waals surface area contributed by atoms with Crippen LogP contribution in [0.2, 0.25) is 5.02 Å². The minimum Gasteiger partial charge on any atom is -0.457 e. The van der Waals surface area contributed by atoms with Gasteiger partial charge in [-0.2, -0.15) is 0 Å². The Balaban J connectivity index is 2.27. The van der Waals surface area contributed by atoms with E-state index in [-0.39, 0.29) is 0 Å². The Morgan fingerprint density at radius 1 is 1.23 bits per heavy atom. The van der Waals surface area contributed by atoms with Crippen molar-refractivity contribution in [2.75, 3.05) is 0 Å². The second-order valence-corrected chi connectivity index (χ2v) is 3.71. The minimum absolute atomic E-state index is 0.630. The Hall–Kier alpha value is -0.860. The zero-order valence-electron chi connectivity index (χ0n) is 6.79. The molecule has 0 atom stereocenters. The van der Waals surface area contributed by atoms with Crippen LogP contribution in [0.25, 0.3) is 5.57 Å². The lowest BCUT2D eigenvalue weighted by Gasteiger charge is -1.98. The lowest BCUT2D eigenvalue weighted by atomic mass is 10.1. The van der Waals surface area contributed by atoms with Gasteiger partial charge in [0.15, 0.2) is 5.05 Å². The summed E-state index contributed by atoms with van der Waals surface area (Å²) in [5.74, 6) is 0. The van der Waals surface area contributed by atoms with Crippen molar-refractivity contribution in [2.45, 2.75) is 6.42 Å². The molecule has 3 heteroatoms. The molecule has 0 bridgehead atoms. The largest absolute Gasteiger partial charge is 0.457 e. The molecular weight excluding hydrogens is 204 g/mol. The molecule has 0 saturated heterocycles. The highest BCUT2D eigenvalue weighted by Gasteiger charge is 2.12. The van der Waals surface area contributed by atoms with Gasteiger partial charge in [-0.3, -0.25) is 0 Å². The van der Waals surface area contributed by atoms with Crippen LogP contribution in [0.4, 0.5) is 0 Å². The summed E-state index contributed by atoms with van der Waals surface area (Å²) >= 11 is 10.7. The number of rotatable bonds is 1. The number of halogens is 1. The first-order valence-corrected chi connectivity index (χ1v) is 4.69. The summed E-state index contributed by atoms with van der Waals surface area (Å²) in [5.41, 5.74) is 2.23. The van der Waals surface area contributed by atoms with E-state index in [1.54, 1.807) is 6.26 Å². The molecule has 1 aliphatic rings. The second-order valence-electron chi connectivity index (χ2n) is 2.82. The molecule has 0 N–H and O–H groups in total. The lowest BCUT2D eigenvalue weighted by molar-refractivity contribution is 0.496. The van der Waals surface area contributed by atoms with E-state index in [4.69, 9.17) is 28.6 Å². The summed E-state index contributed by atoms with van der Waals surface area (Å²) in [6.45, 7) is 0. The fourth-order valence-corrected chi connectivity index (χ4v) is 1.54. The minimum atomic E-state index is 0.630. The van der Waals surface area contributed by atoms with E-state index in [1.165, 1.54) is 0 Å². The van der Waals surface area contributed by atoms with Gasteiger partial charge in [0.25, 0.3) is 0 Å². The summed E-state index contributed by atoms with van der Waals surface area (Å²) < 4.78 is 5.09. The Morgan fingerprint density at radius 2 is 1.92 bits per heavy atom. The van der Waals surface area contributed by atoms with Gasteiger partial charge in [0.1, 0.15) is 0 Å². The Kier molecular flexibility index (Phi) is 2.34. The van der Waals surface area contributed by atoms with Crippen LogP contribution in [0.3, 0.4) is 0 Å². The number of benzene rings is 1. The van der Waals surface area contributed by atoms with Gasteiger partial charge in [0, 0.05) is 17.0 Å². The van der Waals surface area contributed by atoms with Gasteiger partial charge < -0.3 is 4.74 Å². The van der Waals surface area contributed by atoms with E-state index in [0.29, 0.717) is 5.05 Å². The molecule has 1 aliphatic heterocycles. The fraction of sp³-hybridized carbons (Fsp3) is 0.100. The van der Waals surface area contributed by atoms with E-state index in [9.17, 15) is 0 Å². The number of hydrogen-bond donors (Lipinski definition) is 0. The normalized spacial score (nSPS) is 15.5. The van der Waals surface area contributed by atoms with E-state index >= 15 is 0 Å². The topological polar surface area (TPSA) is 9.23 Å². The molecule has 0 unspecified atom stereocenters. The standard InChI is InChI=1S/C10H7ClOS/c11-9-3-1-7(2-4-9)8-5-10(13)12-6-8/h1-4,6H,5H2. The third-order valence-electron chi connectivity index (χ3n) is 1.88. The molecule has 0 radical (unpaired) electrons. The lowest BCUT2D eigenvalue weighted by Crippen LogP contribution is -1.87. The van der Waals surface area contributed by atoms with E-state index in [0.717, 1.165) is 22.6 Å². The monoisotopic (exact) mass is 210 g/mol. The average molecular weight is 211 g/mol. The van der Waals surface area contributed by atoms with Gasteiger partial charge in [0.2, 0.25) is 0 Å². The molecular formula is C10H7ClOS. The summed E-state index contributed by atoms with van der Waals surface area (Å²) in [5, 5.41) is 1.37. The van der Waals surface area contributed by atoms with Crippen molar-refractivity contribution in [3.63, 3.8) is 0 Å². The highest BCUT2D eigenvalue weighted by atomic mass is 35.5. The summed E-state index contributed by atoms with van der Waals surface area (Å²) in [7, 11) is 0.